The van der Waals surface area contributed by atoms with E-state index in [1.54, 1.807) is 10.4 Å². The molecule has 0 bridgehead atoms. The van der Waals surface area contributed by atoms with Crippen molar-refractivity contribution in [3.63, 3.8) is 0 Å². The molecule has 3 heteroatoms. The van der Waals surface area contributed by atoms with E-state index < -0.39 is 0 Å². The summed E-state index contributed by atoms with van der Waals surface area (Å²) in [6.07, 6.45) is 9.59. The van der Waals surface area contributed by atoms with E-state index in [2.05, 4.69) is 30.6 Å². The lowest BCUT2D eigenvalue weighted by atomic mass is 9.81. The fraction of sp³-hybridized carbons (Fsp3) is 0.500. The fourth-order valence-electron chi connectivity index (χ4n) is 4.02. The van der Waals surface area contributed by atoms with Gasteiger partial charge in [0.2, 0.25) is 0 Å². The van der Waals surface area contributed by atoms with Crippen molar-refractivity contribution in [3.8, 4) is 0 Å². The monoisotopic (exact) mass is 298 g/mol. The predicted octanol–water partition coefficient (Wildman–Crippen LogP) is 4.01. The first kappa shape index (κ1) is 13.5. The van der Waals surface area contributed by atoms with E-state index in [0.717, 1.165) is 0 Å². The van der Waals surface area contributed by atoms with E-state index in [1.807, 2.05) is 17.5 Å². The Morgan fingerprint density at radius 3 is 3.00 bits per heavy atom. The maximum absolute atomic E-state index is 4.72. The molecule has 2 aromatic rings. The molecule has 21 heavy (non-hydrogen) atoms. The first-order valence-corrected chi connectivity index (χ1v) is 8.91. The van der Waals surface area contributed by atoms with E-state index >= 15 is 0 Å². The van der Waals surface area contributed by atoms with E-state index in [-0.39, 0.29) is 0 Å². The zero-order valence-electron chi connectivity index (χ0n) is 12.6. The van der Waals surface area contributed by atoms with Crippen LogP contribution >= 0.6 is 11.3 Å². The van der Waals surface area contributed by atoms with Gasteiger partial charge in [0.25, 0.3) is 0 Å². The first-order valence-electron chi connectivity index (χ1n) is 8.09. The fourth-order valence-corrected chi connectivity index (χ4v) is 5.45. The molecule has 0 radical (unpaired) electrons. The van der Waals surface area contributed by atoms with E-state index in [9.17, 15) is 0 Å². The Labute approximate surface area is 130 Å². The summed E-state index contributed by atoms with van der Waals surface area (Å²) in [5, 5.41) is 3.59. The van der Waals surface area contributed by atoms with Crippen molar-refractivity contribution in [2.45, 2.75) is 50.5 Å². The average molecular weight is 298 g/mol. The van der Waals surface area contributed by atoms with Crippen molar-refractivity contribution in [2.24, 2.45) is 0 Å². The van der Waals surface area contributed by atoms with Gasteiger partial charge in [-0.1, -0.05) is 6.07 Å². The highest BCUT2D eigenvalue weighted by molar-refractivity contribution is 7.12. The molecule has 0 saturated heterocycles. The minimum atomic E-state index is 0.426. The lowest BCUT2D eigenvalue weighted by molar-refractivity contribution is 0.420. The van der Waals surface area contributed by atoms with Gasteiger partial charge in [0.05, 0.1) is 0 Å². The normalized spacial score (nSPS) is 21.9. The Morgan fingerprint density at radius 2 is 2.14 bits per heavy atom. The Hall–Kier alpha value is -1.19. The van der Waals surface area contributed by atoms with Gasteiger partial charge in [0.15, 0.2) is 0 Å². The second kappa shape index (κ2) is 5.54. The second-order valence-corrected chi connectivity index (χ2v) is 7.43. The van der Waals surface area contributed by atoms with Gasteiger partial charge in [0, 0.05) is 33.6 Å². The number of nitrogens with one attached hydrogen (secondary N) is 1. The molecule has 2 aliphatic carbocycles. The van der Waals surface area contributed by atoms with Crippen LogP contribution < -0.4 is 5.32 Å². The average Bonchev–Trinajstić information content (AvgIpc) is 3.10. The largest absolute Gasteiger partial charge is 0.312 e. The molecular formula is C18H22N2S. The molecule has 2 aliphatic rings. The SMILES string of the molecule is CNC(c1cc2c(s1)CCC2)C1CCCc2cccnc21. The summed E-state index contributed by atoms with van der Waals surface area (Å²) in [5.74, 6) is 0.527. The van der Waals surface area contributed by atoms with Crippen LogP contribution in [0.5, 0.6) is 0 Å². The van der Waals surface area contributed by atoms with Gasteiger partial charge in [-0.3, -0.25) is 4.98 Å². The number of hydrogen-bond acceptors (Lipinski definition) is 3. The lowest BCUT2D eigenvalue weighted by Crippen LogP contribution is -2.26. The molecule has 2 aromatic heterocycles. The molecule has 0 aliphatic heterocycles. The minimum Gasteiger partial charge on any atom is -0.312 e. The van der Waals surface area contributed by atoms with Crippen molar-refractivity contribution in [2.75, 3.05) is 7.05 Å². The predicted molar refractivity (Wildman–Crippen MR) is 88.1 cm³/mol. The highest BCUT2D eigenvalue weighted by Crippen LogP contribution is 2.43. The highest BCUT2D eigenvalue weighted by Gasteiger charge is 2.31. The summed E-state index contributed by atoms with van der Waals surface area (Å²) in [4.78, 5) is 7.87. The summed E-state index contributed by atoms with van der Waals surface area (Å²) in [7, 11) is 2.10. The van der Waals surface area contributed by atoms with Crippen molar-refractivity contribution < 1.29 is 0 Å². The van der Waals surface area contributed by atoms with Crippen molar-refractivity contribution in [1.82, 2.24) is 10.3 Å². The molecular weight excluding hydrogens is 276 g/mol. The summed E-state index contributed by atoms with van der Waals surface area (Å²) < 4.78 is 0. The molecule has 110 valence electrons. The Bertz CT molecular complexity index is 625. The number of aromatic nitrogens is 1. The van der Waals surface area contributed by atoms with Crippen LogP contribution in [0.2, 0.25) is 0 Å². The summed E-state index contributed by atoms with van der Waals surface area (Å²) in [5.41, 5.74) is 4.39. The molecule has 0 aromatic carbocycles. The van der Waals surface area contributed by atoms with Gasteiger partial charge in [0.1, 0.15) is 0 Å². The number of thiophene rings is 1. The molecule has 2 heterocycles. The third-order valence-corrected chi connectivity index (χ3v) is 6.34. The minimum absolute atomic E-state index is 0.426. The smallest absolute Gasteiger partial charge is 0.0497 e. The molecule has 4 rings (SSSR count). The maximum Gasteiger partial charge on any atom is 0.0497 e. The molecule has 1 N–H and O–H groups in total. The maximum atomic E-state index is 4.72. The van der Waals surface area contributed by atoms with E-state index in [0.29, 0.717) is 12.0 Å². The third-order valence-electron chi connectivity index (χ3n) is 5.02. The van der Waals surface area contributed by atoms with Gasteiger partial charge in [-0.25, -0.2) is 0 Å². The Balaban J connectivity index is 1.70. The van der Waals surface area contributed by atoms with Gasteiger partial charge >= 0.3 is 0 Å². The second-order valence-electron chi connectivity index (χ2n) is 6.26. The Kier molecular flexibility index (Phi) is 3.56. The molecule has 0 spiro atoms. The van der Waals surface area contributed by atoms with Crippen LogP contribution in [0.3, 0.4) is 0 Å². The number of aryl methyl sites for hydroxylation is 3. The van der Waals surface area contributed by atoms with Gasteiger partial charge in [-0.15, -0.1) is 11.3 Å². The van der Waals surface area contributed by atoms with Crippen molar-refractivity contribution >= 4 is 11.3 Å². The molecule has 0 saturated carbocycles. The third kappa shape index (κ3) is 2.33. The molecule has 2 nitrogen and oxygen atoms in total. The number of likely N-dealkylation sites (N-methyl/N-ethyl adjacent to an activating group) is 1. The van der Waals surface area contributed by atoms with Crippen LogP contribution in [0.4, 0.5) is 0 Å². The number of fused-ring (bicyclic) bond motifs is 2. The Morgan fingerprint density at radius 1 is 1.24 bits per heavy atom. The van der Waals surface area contributed by atoms with Gasteiger partial charge in [-0.2, -0.15) is 0 Å². The standard InChI is InChI=1S/C18H22N2S/c1-19-18(16-11-13-6-3-9-15(13)21-16)14-8-2-5-12-7-4-10-20-17(12)14/h4,7,10-11,14,18-19H,2-3,5-6,8-9H2,1H3. The first-order chi connectivity index (χ1) is 10.4. The van der Waals surface area contributed by atoms with Crippen LogP contribution in [0.15, 0.2) is 24.4 Å². The summed E-state index contributed by atoms with van der Waals surface area (Å²) in [6.45, 7) is 0. The van der Waals surface area contributed by atoms with E-state index in [1.165, 1.54) is 54.7 Å². The molecule has 2 atom stereocenters. The molecule has 2 unspecified atom stereocenters. The van der Waals surface area contributed by atoms with Crippen LogP contribution in [0.25, 0.3) is 0 Å². The van der Waals surface area contributed by atoms with Crippen LogP contribution in [-0.2, 0) is 19.3 Å². The topological polar surface area (TPSA) is 24.9 Å². The summed E-state index contributed by atoms with van der Waals surface area (Å²) >= 11 is 2.03. The quantitative estimate of drug-likeness (QED) is 0.926. The molecule has 0 amide bonds. The number of rotatable bonds is 3. The zero-order chi connectivity index (χ0) is 14.2. The molecule has 0 fully saturated rings. The zero-order valence-corrected chi connectivity index (χ0v) is 13.4. The van der Waals surface area contributed by atoms with Gasteiger partial charge < -0.3 is 5.32 Å². The van der Waals surface area contributed by atoms with Crippen LogP contribution in [0, 0.1) is 0 Å². The van der Waals surface area contributed by atoms with Crippen LogP contribution in [-0.4, -0.2) is 12.0 Å². The lowest BCUT2D eigenvalue weighted by Gasteiger charge is -2.30. The van der Waals surface area contributed by atoms with E-state index in [4.69, 9.17) is 4.98 Å². The highest BCUT2D eigenvalue weighted by atomic mass is 32.1. The van der Waals surface area contributed by atoms with Crippen LogP contribution in [0.1, 0.15) is 57.8 Å². The number of hydrogen-bond donors (Lipinski definition) is 1. The van der Waals surface area contributed by atoms with Crippen molar-refractivity contribution in [3.05, 3.63) is 51.0 Å². The number of pyridine rings is 1. The van der Waals surface area contributed by atoms with Crippen molar-refractivity contribution in [1.29, 1.82) is 0 Å². The number of nitrogens with zero attached hydrogens (tertiary/aromatic N) is 1. The summed E-state index contributed by atoms with van der Waals surface area (Å²) in [6, 6.07) is 7.23. The van der Waals surface area contributed by atoms with Gasteiger partial charge in [-0.05, 0) is 68.8 Å².